The Hall–Kier alpha value is -3.19. The Morgan fingerprint density at radius 2 is 1.15 bits per heavy atom. The van der Waals surface area contributed by atoms with Gasteiger partial charge in [0.05, 0.1) is 0 Å². The monoisotopic (exact) mass is 654 g/mol. The lowest BCUT2D eigenvalue weighted by molar-refractivity contribution is -0.149. The third-order valence-electron chi connectivity index (χ3n) is 7.55. The lowest BCUT2D eigenvalue weighted by atomic mass is 10.0. The summed E-state index contributed by atoms with van der Waals surface area (Å²) in [6, 6.07) is -0.883. The number of hydrogen-bond donors (Lipinski definition) is 3. The first-order valence-electron chi connectivity index (χ1n) is 18.3. The molecule has 4 N–H and O–H groups in total. The molecular formula is C40H66N2O5. The fourth-order valence-corrected chi connectivity index (χ4v) is 4.83. The van der Waals surface area contributed by atoms with Crippen LogP contribution in [0.4, 0.5) is 0 Å². The number of allylic oxidation sites excluding steroid dienone is 12. The fourth-order valence-electron chi connectivity index (χ4n) is 4.83. The van der Waals surface area contributed by atoms with E-state index < -0.39 is 12.0 Å². The van der Waals surface area contributed by atoms with E-state index in [4.69, 9.17) is 10.5 Å². The number of amides is 1. The van der Waals surface area contributed by atoms with Gasteiger partial charge in [-0.2, -0.15) is 0 Å². The van der Waals surface area contributed by atoms with Crippen molar-refractivity contribution in [2.45, 2.75) is 154 Å². The molecule has 0 aromatic carbocycles. The maximum Gasteiger partial charge on any atom is 0.326 e. The van der Waals surface area contributed by atoms with E-state index in [9.17, 15) is 19.5 Å². The molecule has 7 nitrogen and oxygen atoms in total. The first-order chi connectivity index (χ1) is 22.9. The maximum absolute atomic E-state index is 12.5. The molecule has 0 bridgehead atoms. The normalized spacial score (nSPS) is 13.6. The molecule has 0 aliphatic rings. The SMILES string of the molecule is CC/C=C\C/C=C\C/C=C\C/C=C\C/C=C\C/C=C\CCC(=O)OC(CCCCCC)CCCCCC(=O)NC(CCCN)C(=O)O. The highest BCUT2D eigenvalue weighted by Gasteiger charge is 2.19. The molecule has 0 spiro atoms. The molecule has 0 fully saturated rings. The summed E-state index contributed by atoms with van der Waals surface area (Å²) in [4.78, 5) is 36.0. The number of rotatable bonds is 31. The summed E-state index contributed by atoms with van der Waals surface area (Å²) >= 11 is 0. The van der Waals surface area contributed by atoms with Crippen molar-refractivity contribution in [3.63, 3.8) is 0 Å². The summed E-state index contributed by atoms with van der Waals surface area (Å²) in [5.41, 5.74) is 5.46. The molecule has 0 saturated heterocycles. The van der Waals surface area contributed by atoms with Crippen molar-refractivity contribution in [3.8, 4) is 0 Å². The molecule has 266 valence electrons. The minimum atomic E-state index is -1.03. The first-order valence-corrected chi connectivity index (χ1v) is 18.3. The number of unbranched alkanes of at least 4 members (excludes halogenated alkanes) is 5. The molecule has 0 aromatic heterocycles. The number of carboxylic acid groups (broad SMARTS) is 1. The molecular weight excluding hydrogens is 588 g/mol. The topological polar surface area (TPSA) is 119 Å². The molecule has 2 atom stereocenters. The van der Waals surface area contributed by atoms with Crippen molar-refractivity contribution in [1.29, 1.82) is 0 Å². The molecule has 47 heavy (non-hydrogen) atoms. The standard InChI is InChI=1S/C40H66N2O5/c1-3-5-7-9-10-11-12-13-14-15-16-17-18-19-20-21-22-23-28-34-39(44)47-36(30-25-8-6-4-2)31-26-24-27-33-38(43)42-37(40(45)46)32-29-35-41/h5,7,10-11,13-14,16-17,19-20,22-23,36-37H,3-4,6,8-9,12,15,18,21,24-35,41H2,1-2H3,(H,42,43)(H,45,46)/b7-5-,11-10-,14-13-,17-16-,20-19-,23-22-. The van der Waals surface area contributed by atoms with Crippen LogP contribution in [0.5, 0.6) is 0 Å². The van der Waals surface area contributed by atoms with Gasteiger partial charge in [0.2, 0.25) is 5.91 Å². The second kappa shape index (κ2) is 34.2. The minimum Gasteiger partial charge on any atom is -0.480 e. The van der Waals surface area contributed by atoms with Crippen LogP contribution in [0.15, 0.2) is 72.9 Å². The van der Waals surface area contributed by atoms with Gasteiger partial charge in [-0.15, -0.1) is 0 Å². The zero-order valence-corrected chi connectivity index (χ0v) is 29.6. The Morgan fingerprint density at radius 1 is 0.638 bits per heavy atom. The lowest BCUT2D eigenvalue weighted by Gasteiger charge is -2.18. The van der Waals surface area contributed by atoms with E-state index >= 15 is 0 Å². The largest absolute Gasteiger partial charge is 0.480 e. The molecule has 1 amide bonds. The Balaban J connectivity index is 4.23. The third kappa shape index (κ3) is 31.2. The molecule has 0 aromatic rings. The van der Waals surface area contributed by atoms with E-state index in [0.29, 0.717) is 45.1 Å². The predicted octanol–water partition coefficient (Wildman–Crippen LogP) is 9.61. The van der Waals surface area contributed by atoms with Crippen LogP contribution in [0.1, 0.15) is 142 Å². The van der Waals surface area contributed by atoms with Crippen LogP contribution in [0, 0.1) is 0 Å². The van der Waals surface area contributed by atoms with Gasteiger partial charge in [-0.3, -0.25) is 9.59 Å². The van der Waals surface area contributed by atoms with E-state index in [1.165, 1.54) is 6.42 Å². The maximum atomic E-state index is 12.5. The summed E-state index contributed by atoms with van der Waals surface area (Å²) in [5.74, 6) is -1.42. The fraction of sp³-hybridized carbons (Fsp3) is 0.625. The molecule has 0 aliphatic heterocycles. The molecule has 7 heteroatoms. The van der Waals surface area contributed by atoms with E-state index in [1.807, 2.05) is 6.08 Å². The third-order valence-corrected chi connectivity index (χ3v) is 7.55. The zero-order chi connectivity index (χ0) is 34.6. The van der Waals surface area contributed by atoms with Gasteiger partial charge in [-0.25, -0.2) is 4.79 Å². The van der Waals surface area contributed by atoms with Crippen molar-refractivity contribution in [1.82, 2.24) is 5.32 Å². The Labute approximate surface area is 286 Å². The lowest BCUT2D eigenvalue weighted by Crippen LogP contribution is -2.40. The van der Waals surface area contributed by atoms with E-state index in [0.717, 1.165) is 83.5 Å². The van der Waals surface area contributed by atoms with Crippen LogP contribution in [0.25, 0.3) is 0 Å². The van der Waals surface area contributed by atoms with Gasteiger partial charge < -0.3 is 20.9 Å². The van der Waals surface area contributed by atoms with E-state index in [-0.39, 0.29) is 18.0 Å². The highest BCUT2D eigenvalue weighted by atomic mass is 16.5. The quantitative estimate of drug-likeness (QED) is 0.0389. The second-order valence-corrected chi connectivity index (χ2v) is 11.9. The van der Waals surface area contributed by atoms with Gasteiger partial charge in [-0.1, -0.05) is 112 Å². The number of carbonyl (C=O) groups is 3. The van der Waals surface area contributed by atoms with Gasteiger partial charge >= 0.3 is 11.9 Å². The summed E-state index contributed by atoms with van der Waals surface area (Å²) in [5, 5.41) is 11.9. The molecule has 0 heterocycles. The highest BCUT2D eigenvalue weighted by Crippen LogP contribution is 2.17. The van der Waals surface area contributed by atoms with Crippen LogP contribution in [0.2, 0.25) is 0 Å². The van der Waals surface area contributed by atoms with Crippen molar-refractivity contribution < 1.29 is 24.2 Å². The average Bonchev–Trinajstić information content (AvgIpc) is 3.05. The first kappa shape index (κ1) is 43.8. The second-order valence-electron chi connectivity index (χ2n) is 11.9. The number of ether oxygens (including phenoxy) is 1. The molecule has 0 aliphatic carbocycles. The predicted molar refractivity (Wildman–Crippen MR) is 197 cm³/mol. The Kier molecular flexibility index (Phi) is 31.8. The number of esters is 1. The van der Waals surface area contributed by atoms with Gasteiger partial charge in [-0.05, 0) is 96.4 Å². The summed E-state index contributed by atoms with van der Waals surface area (Å²) in [7, 11) is 0. The number of aliphatic carboxylic acids is 1. The number of carbonyl (C=O) groups excluding carboxylic acids is 2. The van der Waals surface area contributed by atoms with Crippen LogP contribution >= 0.6 is 0 Å². The minimum absolute atomic E-state index is 0.0916. The highest BCUT2D eigenvalue weighted by molar-refractivity contribution is 5.83. The van der Waals surface area contributed by atoms with Gasteiger partial charge in [0, 0.05) is 12.8 Å². The van der Waals surface area contributed by atoms with E-state index in [2.05, 4.69) is 86.0 Å². The van der Waals surface area contributed by atoms with Crippen molar-refractivity contribution >= 4 is 17.8 Å². The van der Waals surface area contributed by atoms with Crippen molar-refractivity contribution in [2.75, 3.05) is 6.54 Å². The molecule has 0 rings (SSSR count). The molecule has 2 unspecified atom stereocenters. The van der Waals surface area contributed by atoms with Crippen molar-refractivity contribution in [2.24, 2.45) is 5.73 Å². The van der Waals surface area contributed by atoms with Crippen LogP contribution in [0.3, 0.4) is 0 Å². The van der Waals surface area contributed by atoms with E-state index in [1.54, 1.807) is 0 Å². The van der Waals surface area contributed by atoms with Crippen LogP contribution < -0.4 is 11.1 Å². The van der Waals surface area contributed by atoms with Crippen molar-refractivity contribution in [3.05, 3.63) is 72.9 Å². The number of nitrogens with two attached hydrogens (primary N) is 1. The van der Waals surface area contributed by atoms with Gasteiger partial charge in [0.25, 0.3) is 0 Å². The summed E-state index contributed by atoms with van der Waals surface area (Å²) in [6.45, 7) is 4.72. The number of carboxylic acids is 1. The smallest absolute Gasteiger partial charge is 0.326 e. The van der Waals surface area contributed by atoms with Gasteiger partial charge in [0.15, 0.2) is 0 Å². The molecule has 0 saturated carbocycles. The number of nitrogens with one attached hydrogen (secondary N) is 1. The van der Waals surface area contributed by atoms with Gasteiger partial charge in [0.1, 0.15) is 12.1 Å². The summed E-state index contributed by atoms with van der Waals surface area (Å²) < 4.78 is 5.85. The van der Waals surface area contributed by atoms with Crippen LogP contribution in [-0.2, 0) is 19.1 Å². The molecule has 0 radical (unpaired) electrons. The Bertz CT molecular complexity index is 964. The number of hydrogen-bond acceptors (Lipinski definition) is 5. The van der Waals surface area contributed by atoms with Crippen LogP contribution in [-0.4, -0.2) is 41.6 Å². The Morgan fingerprint density at radius 3 is 1.64 bits per heavy atom. The zero-order valence-electron chi connectivity index (χ0n) is 29.6. The average molecular weight is 655 g/mol. The summed E-state index contributed by atoms with van der Waals surface area (Å²) in [6.07, 6.45) is 42.5.